The van der Waals surface area contributed by atoms with Crippen LogP contribution in [0.2, 0.25) is 0 Å². The Morgan fingerprint density at radius 1 is 1.43 bits per heavy atom. The average molecular weight is 310 g/mol. The number of esters is 1. The van der Waals surface area contributed by atoms with Crippen LogP contribution in [0.15, 0.2) is 17.5 Å². The van der Waals surface area contributed by atoms with Gasteiger partial charge in [-0.3, -0.25) is 14.5 Å². The van der Waals surface area contributed by atoms with E-state index in [9.17, 15) is 9.59 Å². The second kappa shape index (κ2) is 7.56. The number of hydrogen-bond acceptors (Lipinski definition) is 5. The molecular weight excluding hydrogens is 288 g/mol. The lowest BCUT2D eigenvalue weighted by molar-refractivity contribution is -0.142. The number of methoxy groups -OCH3 is 1. The number of carbonyl (C=O) groups is 2. The van der Waals surface area contributed by atoms with Crippen LogP contribution in [0.25, 0.3) is 0 Å². The molecule has 1 aliphatic heterocycles. The van der Waals surface area contributed by atoms with E-state index in [0.29, 0.717) is 19.4 Å². The molecule has 0 aromatic carbocycles. The molecule has 0 bridgehead atoms. The SMILES string of the molecule is COC(=O)CCN1CCN(C(=O)Cc2cccs2)C(C)C1. The summed E-state index contributed by atoms with van der Waals surface area (Å²) in [6.45, 7) is 5.12. The van der Waals surface area contributed by atoms with Gasteiger partial charge < -0.3 is 9.64 Å². The molecule has 1 atom stereocenters. The van der Waals surface area contributed by atoms with Crippen LogP contribution in [-0.4, -0.2) is 61.0 Å². The van der Waals surface area contributed by atoms with E-state index in [1.54, 1.807) is 11.3 Å². The van der Waals surface area contributed by atoms with Crippen LogP contribution in [0.1, 0.15) is 18.2 Å². The van der Waals surface area contributed by atoms with E-state index in [-0.39, 0.29) is 17.9 Å². The number of nitrogens with zero attached hydrogens (tertiary/aromatic N) is 2. The van der Waals surface area contributed by atoms with Crippen molar-refractivity contribution in [1.82, 2.24) is 9.80 Å². The molecule has 1 unspecified atom stereocenters. The maximum atomic E-state index is 12.3. The van der Waals surface area contributed by atoms with Crippen LogP contribution in [0, 0.1) is 0 Å². The van der Waals surface area contributed by atoms with Gasteiger partial charge in [-0.25, -0.2) is 0 Å². The van der Waals surface area contributed by atoms with Gasteiger partial charge in [-0.1, -0.05) is 6.07 Å². The molecular formula is C15H22N2O3S. The number of thiophene rings is 1. The molecule has 0 N–H and O–H groups in total. The van der Waals surface area contributed by atoms with Crippen molar-refractivity contribution in [3.63, 3.8) is 0 Å². The summed E-state index contributed by atoms with van der Waals surface area (Å²) in [6.07, 6.45) is 0.899. The number of hydrogen-bond donors (Lipinski definition) is 0. The summed E-state index contributed by atoms with van der Waals surface area (Å²) in [5, 5.41) is 2.00. The Bertz CT molecular complexity index is 475. The van der Waals surface area contributed by atoms with Crippen LogP contribution >= 0.6 is 11.3 Å². The van der Waals surface area contributed by atoms with E-state index in [0.717, 1.165) is 24.5 Å². The van der Waals surface area contributed by atoms with Crippen LogP contribution in [0.3, 0.4) is 0 Å². The van der Waals surface area contributed by atoms with Gasteiger partial charge in [-0.15, -0.1) is 11.3 Å². The van der Waals surface area contributed by atoms with Crippen molar-refractivity contribution < 1.29 is 14.3 Å². The van der Waals surface area contributed by atoms with Gasteiger partial charge in [0.1, 0.15) is 0 Å². The molecule has 1 saturated heterocycles. The van der Waals surface area contributed by atoms with Crippen molar-refractivity contribution in [3.8, 4) is 0 Å². The number of rotatable bonds is 5. The highest BCUT2D eigenvalue weighted by Gasteiger charge is 2.27. The first-order valence-electron chi connectivity index (χ1n) is 7.21. The Hall–Kier alpha value is -1.40. The third-order valence-electron chi connectivity index (χ3n) is 3.80. The Balaban J connectivity index is 1.80. The third-order valence-corrected chi connectivity index (χ3v) is 4.67. The molecule has 6 heteroatoms. The monoisotopic (exact) mass is 310 g/mol. The highest BCUT2D eigenvalue weighted by molar-refractivity contribution is 7.10. The molecule has 0 saturated carbocycles. The normalized spacial score (nSPS) is 19.5. The van der Waals surface area contributed by atoms with Crippen molar-refractivity contribution in [3.05, 3.63) is 22.4 Å². The lowest BCUT2D eigenvalue weighted by Gasteiger charge is -2.39. The number of carbonyl (C=O) groups excluding carboxylic acids is 2. The number of piperazine rings is 1. The van der Waals surface area contributed by atoms with E-state index in [1.165, 1.54) is 7.11 Å². The summed E-state index contributed by atoms with van der Waals surface area (Å²) in [5.41, 5.74) is 0. The van der Waals surface area contributed by atoms with Gasteiger partial charge in [0.05, 0.1) is 20.0 Å². The first-order valence-corrected chi connectivity index (χ1v) is 8.09. The zero-order chi connectivity index (χ0) is 15.2. The van der Waals surface area contributed by atoms with Crippen LogP contribution in [-0.2, 0) is 20.7 Å². The summed E-state index contributed by atoms with van der Waals surface area (Å²) in [7, 11) is 1.41. The molecule has 1 fully saturated rings. The fourth-order valence-electron chi connectivity index (χ4n) is 2.62. The molecule has 2 heterocycles. The molecule has 116 valence electrons. The molecule has 1 aromatic heterocycles. The fourth-order valence-corrected chi connectivity index (χ4v) is 3.32. The first kappa shape index (κ1) is 16.0. The van der Waals surface area contributed by atoms with Crippen LogP contribution in [0.5, 0.6) is 0 Å². The zero-order valence-corrected chi connectivity index (χ0v) is 13.4. The predicted octanol–water partition coefficient (Wildman–Crippen LogP) is 1.39. The molecule has 5 nitrogen and oxygen atoms in total. The van der Waals surface area contributed by atoms with E-state index in [4.69, 9.17) is 0 Å². The Morgan fingerprint density at radius 3 is 2.86 bits per heavy atom. The summed E-state index contributed by atoms with van der Waals surface area (Å²) < 4.78 is 4.66. The van der Waals surface area contributed by atoms with Gasteiger partial charge >= 0.3 is 5.97 Å². The van der Waals surface area contributed by atoms with Crippen LogP contribution < -0.4 is 0 Å². The highest BCUT2D eigenvalue weighted by atomic mass is 32.1. The summed E-state index contributed by atoms with van der Waals surface area (Å²) in [4.78, 5) is 28.8. The van der Waals surface area contributed by atoms with Gasteiger partial charge in [-0.05, 0) is 18.4 Å². The quantitative estimate of drug-likeness (QED) is 0.771. The average Bonchev–Trinajstić information content (AvgIpc) is 2.97. The molecule has 1 aromatic rings. The number of amides is 1. The largest absolute Gasteiger partial charge is 0.469 e. The molecule has 1 aliphatic rings. The molecule has 21 heavy (non-hydrogen) atoms. The summed E-state index contributed by atoms with van der Waals surface area (Å²) in [5.74, 6) is 0.0106. The summed E-state index contributed by atoms with van der Waals surface area (Å²) >= 11 is 1.62. The molecule has 0 radical (unpaired) electrons. The Labute approximate surface area is 129 Å². The van der Waals surface area contributed by atoms with E-state index in [1.807, 2.05) is 22.4 Å². The van der Waals surface area contributed by atoms with Gasteiger partial charge in [-0.2, -0.15) is 0 Å². The maximum Gasteiger partial charge on any atom is 0.306 e. The Kier molecular flexibility index (Phi) is 5.76. The van der Waals surface area contributed by atoms with Crippen molar-refractivity contribution in [2.24, 2.45) is 0 Å². The minimum Gasteiger partial charge on any atom is -0.469 e. The zero-order valence-electron chi connectivity index (χ0n) is 12.6. The van der Waals surface area contributed by atoms with Gasteiger partial charge in [0.2, 0.25) is 5.91 Å². The summed E-state index contributed by atoms with van der Waals surface area (Å²) in [6, 6.07) is 4.16. The van der Waals surface area contributed by atoms with Gasteiger partial charge in [0.25, 0.3) is 0 Å². The van der Waals surface area contributed by atoms with Crippen molar-refractivity contribution >= 4 is 23.2 Å². The topological polar surface area (TPSA) is 49.9 Å². The molecule has 2 rings (SSSR count). The van der Waals surface area contributed by atoms with Crippen molar-refractivity contribution in [2.75, 3.05) is 33.3 Å². The van der Waals surface area contributed by atoms with Gasteiger partial charge in [0, 0.05) is 37.1 Å². The van der Waals surface area contributed by atoms with E-state index < -0.39 is 0 Å². The lowest BCUT2D eigenvalue weighted by atomic mass is 10.1. The molecule has 0 spiro atoms. The van der Waals surface area contributed by atoms with Gasteiger partial charge in [0.15, 0.2) is 0 Å². The highest BCUT2D eigenvalue weighted by Crippen LogP contribution is 2.15. The number of ether oxygens (including phenoxy) is 1. The Morgan fingerprint density at radius 2 is 2.24 bits per heavy atom. The minimum atomic E-state index is -0.182. The lowest BCUT2D eigenvalue weighted by Crippen LogP contribution is -2.54. The smallest absolute Gasteiger partial charge is 0.306 e. The van der Waals surface area contributed by atoms with E-state index >= 15 is 0 Å². The molecule has 1 amide bonds. The van der Waals surface area contributed by atoms with E-state index in [2.05, 4.69) is 16.6 Å². The predicted molar refractivity (Wildman–Crippen MR) is 82.3 cm³/mol. The fraction of sp³-hybridized carbons (Fsp3) is 0.600. The van der Waals surface area contributed by atoms with Crippen LogP contribution in [0.4, 0.5) is 0 Å². The standard InChI is InChI=1S/C15H22N2O3S/c1-12-11-16(6-5-15(19)20-2)7-8-17(12)14(18)10-13-4-3-9-21-13/h3-4,9,12H,5-8,10-11H2,1-2H3. The minimum absolute atomic E-state index is 0.182. The molecule has 0 aliphatic carbocycles. The first-order chi connectivity index (χ1) is 10.1. The third kappa shape index (κ3) is 4.54. The second-order valence-electron chi connectivity index (χ2n) is 5.32. The van der Waals surface area contributed by atoms with Crippen molar-refractivity contribution in [1.29, 1.82) is 0 Å². The maximum absolute atomic E-state index is 12.3. The second-order valence-corrected chi connectivity index (χ2v) is 6.35. The van der Waals surface area contributed by atoms with Crippen molar-refractivity contribution in [2.45, 2.75) is 25.8 Å².